The van der Waals surface area contributed by atoms with Crippen LogP contribution < -0.4 is 10.6 Å². The topological polar surface area (TPSA) is 133 Å². The molecule has 3 rings (SSSR count). The summed E-state index contributed by atoms with van der Waals surface area (Å²) in [6.07, 6.45) is 1.65. The smallest absolute Gasteiger partial charge is 0.296 e. The van der Waals surface area contributed by atoms with Crippen molar-refractivity contribution in [1.82, 2.24) is 0 Å². The molecule has 170 valence electrons. The molecule has 4 N–H and O–H groups in total. The fourth-order valence-electron chi connectivity index (χ4n) is 2.79. The van der Waals surface area contributed by atoms with Crippen LogP contribution in [0.2, 0.25) is 0 Å². The van der Waals surface area contributed by atoms with Gasteiger partial charge in [-0.2, -0.15) is 0 Å². The van der Waals surface area contributed by atoms with Crippen LogP contribution >= 0.6 is 0 Å². The second-order valence-corrected chi connectivity index (χ2v) is 7.01. The normalized spacial score (nSPS) is 11.4. The molecule has 0 spiro atoms. The van der Waals surface area contributed by atoms with Gasteiger partial charge in [-0.1, -0.05) is 60.7 Å². The van der Waals surface area contributed by atoms with Gasteiger partial charge < -0.3 is 20.8 Å². The monoisotopic (exact) mass is 456 g/mol. The number of hydrogen-bond acceptors (Lipinski definition) is 6. The largest absolute Gasteiger partial charge is 0.507 e. The van der Waals surface area contributed by atoms with Gasteiger partial charge in [0.25, 0.3) is 11.8 Å². The molecule has 0 radical (unpaired) electrons. The van der Waals surface area contributed by atoms with Gasteiger partial charge in [0, 0.05) is 34.7 Å². The fourth-order valence-corrected chi connectivity index (χ4v) is 2.79. The molecular weight excluding hydrogens is 436 g/mol. The van der Waals surface area contributed by atoms with E-state index in [1.165, 1.54) is 24.3 Å². The maximum Gasteiger partial charge on any atom is 0.296 e. The maximum absolute atomic E-state index is 12.1. The number of carbonyl (C=O) groups is 4. The van der Waals surface area contributed by atoms with E-state index in [9.17, 15) is 29.4 Å². The number of carbonyl (C=O) groups excluding carboxylic acids is 4. The van der Waals surface area contributed by atoms with E-state index < -0.39 is 23.4 Å². The van der Waals surface area contributed by atoms with Gasteiger partial charge in [0.2, 0.25) is 11.6 Å². The minimum atomic E-state index is -0.962. The molecule has 0 aliphatic carbocycles. The third-order valence-electron chi connectivity index (χ3n) is 4.52. The Balaban J connectivity index is 1.57. The Morgan fingerprint density at radius 3 is 1.18 bits per heavy atom. The highest BCUT2D eigenvalue weighted by Gasteiger charge is 2.15. The van der Waals surface area contributed by atoms with E-state index in [4.69, 9.17) is 0 Å². The molecule has 0 saturated heterocycles. The van der Waals surface area contributed by atoms with Crippen molar-refractivity contribution in [2.24, 2.45) is 0 Å². The molecule has 0 saturated carbocycles. The molecule has 0 fully saturated rings. The summed E-state index contributed by atoms with van der Waals surface area (Å²) in [7, 11) is 0. The molecule has 0 aliphatic rings. The Morgan fingerprint density at radius 2 is 0.853 bits per heavy atom. The number of amides is 2. The predicted molar refractivity (Wildman–Crippen MR) is 128 cm³/mol. The zero-order valence-electron chi connectivity index (χ0n) is 17.8. The first-order valence-electron chi connectivity index (χ1n) is 10.1. The van der Waals surface area contributed by atoms with Gasteiger partial charge in [-0.3, -0.25) is 19.2 Å². The van der Waals surface area contributed by atoms with E-state index in [1.54, 1.807) is 60.7 Å². The van der Waals surface area contributed by atoms with Crippen LogP contribution in [0.4, 0.5) is 11.4 Å². The summed E-state index contributed by atoms with van der Waals surface area (Å²) in [5.41, 5.74) is 1.31. The van der Waals surface area contributed by atoms with Crippen LogP contribution in [0.1, 0.15) is 11.1 Å². The zero-order chi connectivity index (χ0) is 24.5. The predicted octanol–water partition coefficient (Wildman–Crippen LogP) is 3.90. The van der Waals surface area contributed by atoms with Crippen molar-refractivity contribution >= 4 is 46.3 Å². The second kappa shape index (κ2) is 11.1. The van der Waals surface area contributed by atoms with E-state index in [2.05, 4.69) is 10.6 Å². The maximum atomic E-state index is 12.1. The lowest BCUT2D eigenvalue weighted by atomic mass is 10.1. The lowest BCUT2D eigenvalue weighted by Crippen LogP contribution is -2.22. The van der Waals surface area contributed by atoms with Crippen molar-refractivity contribution in [2.45, 2.75) is 0 Å². The minimum absolute atomic E-state index is 0.261. The standard InChI is InChI=1S/C26H20N2O6/c29-21(17-7-3-1-4-8-17)15-23(31)25(33)27-19-11-13-20(14-12-19)28-26(34)24(32)16-22(30)18-9-5-2-6-10-18/h1-16,29-30H,(H,27,33)(H,28,34)/b21-15-,22-16-. The summed E-state index contributed by atoms with van der Waals surface area (Å²) in [4.78, 5) is 48.3. The van der Waals surface area contributed by atoms with Gasteiger partial charge in [0.1, 0.15) is 11.5 Å². The van der Waals surface area contributed by atoms with Gasteiger partial charge in [-0.05, 0) is 24.3 Å². The average molecular weight is 456 g/mol. The molecule has 3 aromatic rings. The first-order valence-corrected chi connectivity index (χ1v) is 10.1. The molecule has 3 aromatic carbocycles. The summed E-state index contributed by atoms with van der Waals surface area (Å²) >= 11 is 0. The van der Waals surface area contributed by atoms with Crippen LogP contribution in [0.3, 0.4) is 0 Å². The fraction of sp³-hybridized carbons (Fsp3) is 0. The number of hydrogen-bond donors (Lipinski definition) is 4. The van der Waals surface area contributed by atoms with Gasteiger partial charge in [0.15, 0.2) is 0 Å². The minimum Gasteiger partial charge on any atom is -0.507 e. The second-order valence-electron chi connectivity index (χ2n) is 7.01. The Labute approximate surface area is 194 Å². The molecule has 34 heavy (non-hydrogen) atoms. The zero-order valence-corrected chi connectivity index (χ0v) is 17.8. The number of rotatable bonds is 8. The summed E-state index contributed by atoms with van der Waals surface area (Å²) in [5.74, 6) is -4.50. The van der Waals surface area contributed by atoms with Gasteiger partial charge in [-0.25, -0.2) is 0 Å². The number of anilines is 2. The molecule has 0 heterocycles. The quantitative estimate of drug-likeness (QED) is 0.231. The highest BCUT2D eigenvalue weighted by molar-refractivity contribution is 6.46. The average Bonchev–Trinajstić information content (AvgIpc) is 2.86. The highest BCUT2D eigenvalue weighted by Crippen LogP contribution is 2.15. The Kier molecular flexibility index (Phi) is 7.70. The Morgan fingerprint density at radius 1 is 0.529 bits per heavy atom. The lowest BCUT2D eigenvalue weighted by molar-refractivity contribution is -0.132. The molecule has 8 nitrogen and oxygen atoms in total. The van der Waals surface area contributed by atoms with Crippen molar-refractivity contribution in [1.29, 1.82) is 0 Å². The number of nitrogens with one attached hydrogen (secondary N) is 2. The summed E-state index contributed by atoms with van der Waals surface area (Å²) < 4.78 is 0. The van der Waals surface area contributed by atoms with Crippen LogP contribution in [-0.4, -0.2) is 33.6 Å². The number of benzene rings is 3. The summed E-state index contributed by atoms with van der Waals surface area (Å²) in [5, 5.41) is 24.7. The molecule has 0 unspecified atom stereocenters. The summed E-state index contributed by atoms with van der Waals surface area (Å²) in [6, 6.07) is 22.3. The van der Waals surface area contributed by atoms with Crippen LogP contribution in [0.15, 0.2) is 97.1 Å². The van der Waals surface area contributed by atoms with E-state index >= 15 is 0 Å². The van der Waals surface area contributed by atoms with Crippen molar-refractivity contribution in [3.05, 3.63) is 108 Å². The van der Waals surface area contributed by atoms with E-state index in [0.717, 1.165) is 12.2 Å². The van der Waals surface area contributed by atoms with Crippen molar-refractivity contribution < 1.29 is 29.4 Å². The molecule has 0 aliphatic heterocycles. The molecular formula is C26H20N2O6. The van der Waals surface area contributed by atoms with Crippen LogP contribution in [0.25, 0.3) is 11.5 Å². The molecule has 0 aromatic heterocycles. The third-order valence-corrected chi connectivity index (χ3v) is 4.52. The molecule has 2 amide bonds. The molecule has 0 atom stereocenters. The van der Waals surface area contributed by atoms with Crippen LogP contribution in [-0.2, 0) is 19.2 Å². The van der Waals surface area contributed by atoms with E-state index in [-0.39, 0.29) is 22.9 Å². The van der Waals surface area contributed by atoms with Crippen molar-refractivity contribution in [3.63, 3.8) is 0 Å². The molecule has 0 bridgehead atoms. The number of aliphatic hydroxyl groups is 2. The van der Waals surface area contributed by atoms with Gasteiger partial charge >= 0.3 is 0 Å². The third kappa shape index (κ3) is 6.51. The lowest BCUT2D eigenvalue weighted by Gasteiger charge is -2.06. The van der Waals surface area contributed by atoms with Crippen molar-refractivity contribution in [3.8, 4) is 0 Å². The molecule has 8 heteroatoms. The highest BCUT2D eigenvalue weighted by atomic mass is 16.3. The van der Waals surface area contributed by atoms with Crippen molar-refractivity contribution in [2.75, 3.05) is 10.6 Å². The Bertz CT molecular complexity index is 1160. The first kappa shape index (κ1) is 23.7. The van der Waals surface area contributed by atoms with Gasteiger partial charge in [0.05, 0.1) is 0 Å². The first-order chi connectivity index (χ1) is 16.3. The number of ketones is 2. The van der Waals surface area contributed by atoms with E-state index in [1.807, 2.05) is 0 Å². The summed E-state index contributed by atoms with van der Waals surface area (Å²) in [6.45, 7) is 0. The van der Waals surface area contributed by atoms with E-state index in [0.29, 0.717) is 11.1 Å². The van der Waals surface area contributed by atoms with Crippen LogP contribution in [0.5, 0.6) is 0 Å². The number of aliphatic hydroxyl groups excluding tert-OH is 2. The Hall–Kier alpha value is -4.98. The van der Waals surface area contributed by atoms with Gasteiger partial charge in [-0.15, -0.1) is 0 Å². The van der Waals surface area contributed by atoms with Crippen LogP contribution in [0, 0.1) is 0 Å². The SMILES string of the molecule is O=C(/C=C(\O)c1ccccc1)C(=O)Nc1ccc(NC(=O)C(=O)/C=C(\O)c2ccccc2)cc1.